The molecule has 1 saturated heterocycles. The molecule has 0 bridgehead atoms. The van der Waals surface area contributed by atoms with Crippen molar-refractivity contribution >= 4 is 5.91 Å². The van der Waals surface area contributed by atoms with Crippen LogP contribution >= 0.6 is 0 Å². The zero-order valence-corrected chi connectivity index (χ0v) is 14.6. The fourth-order valence-corrected chi connectivity index (χ4v) is 2.83. The van der Waals surface area contributed by atoms with Crippen molar-refractivity contribution in [3.05, 3.63) is 53.7 Å². The largest absolute Gasteiger partial charge is 0.487 e. The van der Waals surface area contributed by atoms with Crippen molar-refractivity contribution in [1.82, 2.24) is 15.2 Å². The molecule has 3 rings (SSSR count). The molecule has 0 radical (unpaired) electrons. The van der Waals surface area contributed by atoms with Crippen molar-refractivity contribution in [3.8, 4) is 11.6 Å². The number of carbonyl (C=O) groups excluding carboxylic acids is 1. The quantitative estimate of drug-likeness (QED) is 0.833. The number of amides is 1. The number of nitrogens with one attached hydrogen (secondary N) is 1. The van der Waals surface area contributed by atoms with Crippen LogP contribution in [0.3, 0.4) is 0 Å². The predicted octanol–water partition coefficient (Wildman–Crippen LogP) is 1.85. The van der Waals surface area contributed by atoms with Crippen LogP contribution in [-0.2, 0) is 17.9 Å². The monoisotopic (exact) mass is 341 g/mol. The number of benzene rings is 1. The molecule has 1 aromatic heterocycles. The number of likely N-dealkylation sites (tertiary alicyclic amines) is 1. The minimum atomic E-state index is 0.128. The van der Waals surface area contributed by atoms with Crippen LogP contribution in [0.2, 0.25) is 0 Å². The maximum atomic E-state index is 11.5. The van der Waals surface area contributed by atoms with Crippen molar-refractivity contribution in [3.63, 3.8) is 0 Å². The van der Waals surface area contributed by atoms with Crippen molar-refractivity contribution < 1.29 is 14.3 Å². The number of aromatic nitrogens is 1. The fraction of sp³-hybridized carbons (Fsp3) is 0.368. The first-order valence-electron chi connectivity index (χ1n) is 8.33. The van der Waals surface area contributed by atoms with E-state index in [-0.39, 0.29) is 11.8 Å². The molecule has 0 aliphatic carbocycles. The standard InChI is InChI=1S/C19H23N3O3/c1-20-19(23)15-11-22(12-15)10-14-6-8-17(9-7-14)25-13-16-4-3-5-18(21-16)24-2/h3-9,15H,10-13H2,1-2H3,(H,20,23). The molecule has 6 nitrogen and oxygen atoms in total. The number of ether oxygens (including phenoxy) is 2. The van der Waals surface area contributed by atoms with E-state index in [9.17, 15) is 4.79 Å². The van der Waals surface area contributed by atoms with Crippen molar-refractivity contribution in [2.24, 2.45) is 5.92 Å². The summed E-state index contributed by atoms with van der Waals surface area (Å²) in [6, 6.07) is 13.7. The van der Waals surface area contributed by atoms with Crippen molar-refractivity contribution in [2.45, 2.75) is 13.2 Å². The second-order valence-electron chi connectivity index (χ2n) is 6.11. The third-order valence-electron chi connectivity index (χ3n) is 4.28. The molecule has 0 saturated carbocycles. The Morgan fingerprint density at radius 2 is 2.00 bits per heavy atom. The molecule has 1 aliphatic rings. The molecule has 2 aromatic rings. The van der Waals surface area contributed by atoms with E-state index in [0.717, 1.165) is 31.1 Å². The van der Waals surface area contributed by atoms with Crippen LogP contribution in [-0.4, -0.2) is 43.0 Å². The Bertz CT molecular complexity index is 712. The summed E-state index contributed by atoms with van der Waals surface area (Å²) in [6.45, 7) is 2.89. The van der Waals surface area contributed by atoms with Gasteiger partial charge in [0.15, 0.2) is 0 Å². The Kier molecular flexibility index (Phi) is 5.50. The fourth-order valence-electron chi connectivity index (χ4n) is 2.83. The first-order chi connectivity index (χ1) is 12.2. The Labute approximate surface area is 147 Å². The lowest BCUT2D eigenvalue weighted by molar-refractivity contribution is -0.129. The Hall–Kier alpha value is -2.60. The van der Waals surface area contributed by atoms with E-state index in [1.807, 2.05) is 30.3 Å². The number of methoxy groups -OCH3 is 1. The van der Waals surface area contributed by atoms with Crippen LogP contribution < -0.4 is 14.8 Å². The highest BCUT2D eigenvalue weighted by Gasteiger charge is 2.31. The van der Waals surface area contributed by atoms with E-state index in [1.54, 1.807) is 14.2 Å². The molecule has 6 heteroatoms. The second kappa shape index (κ2) is 7.98. The number of rotatable bonds is 7. The normalized spacial score (nSPS) is 14.6. The minimum Gasteiger partial charge on any atom is -0.487 e. The lowest BCUT2D eigenvalue weighted by Gasteiger charge is -2.38. The van der Waals surface area contributed by atoms with Gasteiger partial charge in [-0.15, -0.1) is 0 Å². The first kappa shape index (κ1) is 17.2. The van der Waals surface area contributed by atoms with E-state index in [4.69, 9.17) is 9.47 Å². The zero-order chi connectivity index (χ0) is 17.6. The highest BCUT2D eigenvalue weighted by molar-refractivity contribution is 5.79. The van der Waals surface area contributed by atoms with Gasteiger partial charge in [-0.25, -0.2) is 4.98 Å². The maximum absolute atomic E-state index is 11.5. The first-order valence-corrected chi connectivity index (χ1v) is 8.33. The van der Waals surface area contributed by atoms with E-state index in [2.05, 4.69) is 27.3 Å². The predicted molar refractivity (Wildman–Crippen MR) is 94.4 cm³/mol. The number of pyridine rings is 1. The second-order valence-corrected chi connectivity index (χ2v) is 6.11. The molecular formula is C19H23N3O3. The SMILES string of the molecule is CNC(=O)C1CN(Cc2ccc(OCc3cccc(OC)n3)cc2)C1. The van der Waals surface area contributed by atoms with Gasteiger partial charge in [0.1, 0.15) is 12.4 Å². The van der Waals surface area contributed by atoms with Crippen LogP contribution in [0, 0.1) is 5.92 Å². The zero-order valence-electron chi connectivity index (χ0n) is 14.6. The van der Waals surface area contributed by atoms with Crippen LogP contribution in [0.4, 0.5) is 0 Å². The van der Waals surface area contributed by atoms with Crippen molar-refractivity contribution in [1.29, 1.82) is 0 Å². The van der Waals surface area contributed by atoms with E-state index >= 15 is 0 Å². The molecular weight excluding hydrogens is 318 g/mol. The van der Waals surface area contributed by atoms with E-state index in [0.29, 0.717) is 12.5 Å². The van der Waals surface area contributed by atoms with Gasteiger partial charge in [0, 0.05) is 32.7 Å². The molecule has 1 aliphatic heterocycles. The minimum absolute atomic E-state index is 0.128. The molecule has 0 unspecified atom stereocenters. The van der Waals surface area contributed by atoms with Gasteiger partial charge >= 0.3 is 0 Å². The smallest absolute Gasteiger partial charge is 0.225 e. The topological polar surface area (TPSA) is 63.7 Å². The number of carbonyl (C=O) groups is 1. The number of hydrogen-bond acceptors (Lipinski definition) is 5. The summed E-state index contributed by atoms with van der Waals surface area (Å²) in [5.41, 5.74) is 2.03. The van der Waals surface area contributed by atoms with Crippen LogP contribution in [0.5, 0.6) is 11.6 Å². The summed E-state index contributed by atoms with van der Waals surface area (Å²) >= 11 is 0. The van der Waals surface area contributed by atoms with Gasteiger partial charge in [-0.2, -0.15) is 0 Å². The van der Waals surface area contributed by atoms with Crippen LogP contribution in [0.15, 0.2) is 42.5 Å². The molecule has 1 aromatic carbocycles. The summed E-state index contributed by atoms with van der Waals surface area (Å²) < 4.78 is 10.9. The Balaban J connectivity index is 1.47. The molecule has 0 spiro atoms. The van der Waals surface area contributed by atoms with Gasteiger partial charge in [0.25, 0.3) is 0 Å². The van der Waals surface area contributed by atoms with Gasteiger partial charge in [0.05, 0.1) is 18.7 Å². The third kappa shape index (κ3) is 4.48. The van der Waals surface area contributed by atoms with Gasteiger partial charge in [-0.05, 0) is 23.8 Å². The van der Waals surface area contributed by atoms with E-state index in [1.165, 1.54) is 5.56 Å². The molecule has 0 atom stereocenters. The van der Waals surface area contributed by atoms with Gasteiger partial charge in [0.2, 0.25) is 11.8 Å². The summed E-state index contributed by atoms with van der Waals surface area (Å²) in [4.78, 5) is 18.1. The van der Waals surface area contributed by atoms with Gasteiger partial charge in [-0.1, -0.05) is 18.2 Å². The highest BCUT2D eigenvalue weighted by atomic mass is 16.5. The van der Waals surface area contributed by atoms with Gasteiger partial charge < -0.3 is 14.8 Å². The summed E-state index contributed by atoms with van der Waals surface area (Å²) in [6.07, 6.45) is 0. The Morgan fingerprint density at radius 3 is 2.68 bits per heavy atom. The third-order valence-corrected chi connectivity index (χ3v) is 4.28. The molecule has 25 heavy (non-hydrogen) atoms. The molecule has 1 amide bonds. The molecule has 1 N–H and O–H groups in total. The van der Waals surface area contributed by atoms with Crippen molar-refractivity contribution in [2.75, 3.05) is 27.2 Å². The summed E-state index contributed by atoms with van der Waals surface area (Å²) in [5, 5.41) is 2.70. The number of nitrogens with zero attached hydrogens (tertiary/aromatic N) is 2. The molecule has 1 fully saturated rings. The number of hydrogen-bond donors (Lipinski definition) is 1. The van der Waals surface area contributed by atoms with E-state index < -0.39 is 0 Å². The lowest BCUT2D eigenvalue weighted by atomic mass is 9.98. The van der Waals surface area contributed by atoms with Crippen LogP contribution in [0.25, 0.3) is 0 Å². The molecule has 2 heterocycles. The lowest BCUT2D eigenvalue weighted by Crippen LogP contribution is -2.52. The average Bonchev–Trinajstić information content (AvgIpc) is 2.63. The van der Waals surface area contributed by atoms with Gasteiger partial charge in [-0.3, -0.25) is 9.69 Å². The van der Waals surface area contributed by atoms with Crippen LogP contribution in [0.1, 0.15) is 11.3 Å². The average molecular weight is 341 g/mol. The molecule has 132 valence electrons. The Morgan fingerprint density at radius 1 is 1.24 bits per heavy atom. The summed E-state index contributed by atoms with van der Waals surface area (Å²) in [7, 11) is 3.28. The highest BCUT2D eigenvalue weighted by Crippen LogP contribution is 2.20. The summed E-state index contributed by atoms with van der Waals surface area (Å²) in [5.74, 6) is 1.65. The maximum Gasteiger partial charge on any atom is 0.225 e.